The summed E-state index contributed by atoms with van der Waals surface area (Å²) in [6.45, 7) is 3.87. The summed E-state index contributed by atoms with van der Waals surface area (Å²) >= 11 is 8.31. The number of hydrogen-bond donors (Lipinski definition) is 2. The van der Waals surface area contributed by atoms with Crippen molar-refractivity contribution in [3.05, 3.63) is 65.7 Å². The number of phenols is 2. The Morgan fingerprint density at radius 1 is 0.879 bits per heavy atom. The summed E-state index contributed by atoms with van der Waals surface area (Å²) in [6.07, 6.45) is 3.87. The van der Waals surface area contributed by atoms with Crippen LogP contribution in [0.5, 0.6) is 17.2 Å². The minimum Gasteiger partial charge on any atom is -0.508 e. The molecule has 0 spiro atoms. The van der Waals surface area contributed by atoms with Gasteiger partial charge >= 0.3 is 0 Å². The predicted molar refractivity (Wildman–Crippen MR) is 137 cm³/mol. The molecule has 3 aromatic carbocycles. The fourth-order valence-electron chi connectivity index (χ4n) is 4.43. The van der Waals surface area contributed by atoms with Gasteiger partial charge in [0.25, 0.3) is 0 Å². The third kappa shape index (κ3) is 4.81. The number of phenolic OH excluding ortho intramolecular Hbond substituents is 2. The van der Waals surface area contributed by atoms with Crippen LogP contribution in [0.3, 0.4) is 0 Å². The minimum atomic E-state index is 0.223. The highest BCUT2D eigenvalue weighted by Gasteiger charge is 2.19. The predicted octanol–water partition coefficient (Wildman–Crippen LogP) is 7.16. The van der Waals surface area contributed by atoms with E-state index in [-0.39, 0.29) is 11.5 Å². The molecule has 2 N–H and O–H groups in total. The van der Waals surface area contributed by atoms with Crippen molar-refractivity contribution in [2.75, 3.05) is 26.2 Å². The number of nitrogens with zero attached hydrogens (tertiary/aromatic N) is 1. The summed E-state index contributed by atoms with van der Waals surface area (Å²) in [5, 5.41) is 21.5. The minimum absolute atomic E-state index is 0.223. The second kappa shape index (κ2) is 9.64. The molecule has 0 saturated carbocycles. The van der Waals surface area contributed by atoms with Gasteiger partial charge in [0.15, 0.2) is 0 Å². The first-order valence-electron chi connectivity index (χ1n) is 11.3. The van der Waals surface area contributed by atoms with Crippen LogP contribution >= 0.6 is 22.9 Å². The fraction of sp³-hybridized carbons (Fsp3) is 0.259. The van der Waals surface area contributed by atoms with Crippen molar-refractivity contribution in [2.24, 2.45) is 0 Å². The van der Waals surface area contributed by atoms with Crippen molar-refractivity contribution in [3.8, 4) is 38.8 Å². The van der Waals surface area contributed by atoms with E-state index in [2.05, 4.69) is 4.90 Å². The molecule has 0 atom stereocenters. The number of aromatic hydroxyl groups is 2. The standard InChI is InChI=1S/C27H26ClNO3S/c28-24-11-9-21(32-15-14-29-12-2-1-3-13-29)17-23(24)26-22-10-8-20(31)16-25(22)33-27(26)18-4-6-19(30)7-5-18/h4-11,16-17,30-31H,1-3,12-15H2. The van der Waals surface area contributed by atoms with Crippen LogP contribution in [-0.4, -0.2) is 41.4 Å². The van der Waals surface area contributed by atoms with Crippen LogP contribution in [0.1, 0.15) is 19.3 Å². The molecule has 0 aliphatic carbocycles. The maximum atomic E-state index is 10.0. The number of rotatable bonds is 6. The quantitative estimate of drug-likeness (QED) is 0.308. The van der Waals surface area contributed by atoms with Gasteiger partial charge in [-0.3, -0.25) is 4.90 Å². The number of piperidine rings is 1. The van der Waals surface area contributed by atoms with Gasteiger partial charge in [-0.1, -0.05) is 18.0 Å². The van der Waals surface area contributed by atoms with Gasteiger partial charge in [-0.05, 0) is 92.2 Å². The van der Waals surface area contributed by atoms with E-state index in [1.54, 1.807) is 35.6 Å². The SMILES string of the molecule is Oc1ccc(-c2sc3cc(O)ccc3c2-c2cc(OCCN3CCCCC3)ccc2Cl)cc1. The Labute approximate surface area is 202 Å². The molecule has 1 fully saturated rings. The van der Waals surface area contributed by atoms with Crippen LogP contribution in [0, 0.1) is 0 Å². The Hall–Kier alpha value is -2.73. The Bertz CT molecular complexity index is 1260. The van der Waals surface area contributed by atoms with E-state index < -0.39 is 0 Å². The summed E-state index contributed by atoms with van der Waals surface area (Å²) in [4.78, 5) is 3.49. The monoisotopic (exact) mass is 479 g/mol. The van der Waals surface area contributed by atoms with Crippen LogP contribution < -0.4 is 4.74 Å². The van der Waals surface area contributed by atoms with Crippen molar-refractivity contribution < 1.29 is 14.9 Å². The Balaban J connectivity index is 1.51. The average Bonchev–Trinajstić information content (AvgIpc) is 3.19. The van der Waals surface area contributed by atoms with E-state index in [0.717, 1.165) is 57.0 Å². The lowest BCUT2D eigenvalue weighted by atomic mass is 9.98. The summed E-state index contributed by atoms with van der Waals surface area (Å²) in [5.41, 5.74) is 2.88. The second-order valence-corrected chi connectivity index (χ2v) is 9.89. The Morgan fingerprint density at radius 3 is 2.42 bits per heavy atom. The van der Waals surface area contributed by atoms with E-state index in [1.807, 2.05) is 36.4 Å². The zero-order valence-electron chi connectivity index (χ0n) is 18.3. The first-order chi connectivity index (χ1) is 16.1. The highest BCUT2D eigenvalue weighted by atomic mass is 35.5. The highest BCUT2D eigenvalue weighted by Crippen LogP contribution is 2.48. The van der Waals surface area contributed by atoms with E-state index in [1.165, 1.54) is 19.3 Å². The zero-order valence-corrected chi connectivity index (χ0v) is 19.8. The molecule has 0 amide bonds. The van der Waals surface area contributed by atoms with Crippen molar-refractivity contribution in [3.63, 3.8) is 0 Å². The highest BCUT2D eigenvalue weighted by molar-refractivity contribution is 7.23. The van der Waals surface area contributed by atoms with E-state index in [9.17, 15) is 10.2 Å². The number of ether oxygens (including phenoxy) is 1. The molecule has 4 aromatic rings. The average molecular weight is 480 g/mol. The van der Waals surface area contributed by atoms with Crippen molar-refractivity contribution in [1.82, 2.24) is 4.90 Å². The number of halogens is 1. The topological polar surface area (TPSA) is 52.9 Å². The number of fused-ring (bicyclic) bond motifs is 1. The smallest absolute Gasteiger partial charge is 0.120 e. The normalized spacial score (nSPS) is 14.6. The molecule has 1 aromatic heterocycles. The summed E-state index contributed by atoms with van der Waals surface area (Å²) in [7, 11) is 0. The van der Waals surface area contributed by atoms with Gasteiger partial charge in [0.2, 0.25) is 0 Å². The second-order valence-electron chi connectivity index (χ2n) is 8.43. The number of likely N-dealkylation sites (tertiary alicyclic amines) is 1. The summed E-state index contributed by atoms with van der Waals surface area (Å²) in [6, 6.07) is 18.4. The first-order valence-corrected chi connectivity index (χ1v) is 12.5. The van der Waals surface area contributed by atoms with E-state index in [0.29, 0.717) is 11.6 Å². The zero-order chi connectivity index (χ0) is 22.8. The lowest BCUT2D eigenvalue weighted by molar-refractivity contribution is 0.183. The summed E-state index contributed by atoms with van der Waals surface area (Å²) < 4.78 is 7.10. The lowest BCUT2D eigenvalue weighted by Gasteiger charge is -2.26. The molecule has 170 valence electrons. The molecule has 1 saturated heterocycles. The largest absolute Gasteiger partial charge is 0.508 e. The maximum Gasteiger partial charge on any atom is 0.120 e. The number of hydrogen-bond acceptors (Lipinski definition) is 5. The molecule has 2 heterocycles. The third-order valence-corrected chi connectivity index (χ3v) is 7.67. The van der Waals surface area contributed by atoms with Gasteiger partial charge in [-0.2, -0.15) is 0 Å². The van der Waals surface area contributed by atoms with Crippen molar-refractivity contribution >= 4 is 33.0 Å². The van der Waals surface area contributed by atoms with Gasteiger partial charge in [-0.25, -0.2) is 0 Å². The van der Waals surface area contributed by atoms with E-state index >= 15 is 0 Å². The third-order valence-electron chi connectivity index (χ3n) is 6.14. The van der Waals surface area contributed by atoms with Crippen LogP contribution in [-0.2, 0) is 0 Å². The first kappa shape index (κ1) is 22.1. The van der Waals surface area contributed by atoms with Crippen LogP contribution in [0.25, 0.3) is 31.7 Å². The van der Waals surface area contributed by atoms with Crippen molar-refractivity contribution in [1.29, 1.82) is 0 Å². The maximum absolute atomic E-state index is 10.0. The Kier molecular flexibility index (Phi) is 6.45. The summed E-state index contributed by atoms with van der Waals surface area (Å²) in [5.74, 6) is 1.25. The molecule has 5 rings (SSSR count). The molecule has 1 aliphatic heterocycles. The van der Waals surface area contributed by atoms with E-state index in [4.69, 9.17) is 16.3 Å². The van der Waals surface area contributed by atoms with Gasteiger partial charge in [-0.15, -0.1) is 11.3 Å². The van der Waals surface area contributed by atoms with Gasteiger partial charge in [0, 0.05) is 37.7 Å². The number of benzene rings is 3. The molecule has 6 heteroatoms. The molecular weight excluding hydrogens is 454 g/mol. The lowest BCUT2D eigenvalue weighted by Crippen LogP contribution is -2.33. The molecular formula is C27H26ClNO3S. The van der Waals surface area contributed by atoms with Gasteiger partial charge < -0.3 is 14.9 Å². The molecule has 0 unspecified atom stereocenters. The van der Waals surface area contributed by atoms with Gasteiger partial charge in [0.05, 0.1) is 0 Å². The fourth-order valence-corrected chi connectivity index (χ4v) is 5.90. The molecule has 0 radical (unpaired) electrons. The molecule has 1 aliphatic rings. The molecule has 33 heavy (non-hydrogen) atoms. The molecule has 4 nitrogen and oxygen atoms in total. The van der Waals surface area contributed by atoms with Crippen LogP contribution in [0.2, 0.25) is 5.02 Å². The van der Waals surface area contributed by atoms with Gasteiger partial charge in [0.1, 0.15) is 23.9 Å². The molecule has 0 bridgehead atoms. The van der Waals surface area contributed by atoms with Crippen molar-refractivity contribution in [2.45, 2.75) is 19.3 Å². The van der Waals surface area contributed by atoms with Crippen LogP contribution in [0.4, 0.5) is 0 Å². The number of thiophene rings is 1. The van der Waals surface area contributed by atoms with Crippen LogP contribution in [0.15, 0.2) is 60.7 Å². The Morgan fingerprint density at radius 2 is 1.64 bits per heavy atom.